The fourth-order valence-corrected chi connectivity index (χ4v) is 2.70. The van der Waals surface area contributed by atoms with Crippen molar-refractivity contribution in [2.24, 2.45) is 0 Å². The van der Waals surface area contributed by atoms with Gasteiger partial charge in [-0.25, -0.2) is 0 Å². The molecule has 2 heterocycles. The topological polar surface area (TPSA) is 114 Å². The lowest BCUT2D eigenvalue weighted by atomic mass is 10.2. The van der Waals surface area contributed by atoms with Crippen LogP contribution in [0.5, 0.6) is 23.3 Å². The molecule has 0 saturated carbocycles. The van der Waals surface area contributed by atoms with Crippen LogP contribution >= 0.6 is 0 Å². The number of hydrogen-bond acceptors (Lipinski definition) is 10. The second-order valence-electron chi connectivity index (χ2n) is 5.71. The highest BCUT2D eigenvalue weighted by Crippen LogP contribution is 2.40. The highest BCUT2D eigenvalue weighted by Gasteiger charge is 2.19. The molecule has 1 aromatic carbocycles. The number of methoxy groups -OCH3 is 4. The molecule has 0 atom stereocenters. The minimum absolute atomic E-state index is 0.153. The van der Waals surface area contributed by atoms with Crippen LogP contribution in [0.4, 0.5) is 11.6 Å². The highest BCUT2D eigenvalue weighted by atomic mass is 16.5. The summed E-state index contributed by atoms with van der Waals surface area (Å²) in [6, 6.07) is 3.64. The van der Waals surface area contributed by atoms with Crippen LogP contribution in [0.3, 0.4) is 0 Å². The molecule has 3 rings (SSSR count). The Kier molecular flexibility index (Phi) is 5.48. The van der Waals surface area contributed by atoms with Gasteiger partial charge in [-0.1, -0.05) is 5.16 Å². The fraction of sp³-hybridized carbons (Fsp3) is 0.333. The maximum atomic E-state index is 5.37. The number of nitrogens with zero attached hydrogens (tertiary/aromatic N) is 4. The van der Waals surface area contributed by atoms with Gasteiger partial charge in [0.15, 0.2) is 17.3 Å². The van der Waals surface area contributed by atoms with Crippen molar-refractivity contribution in [2.75, 3.05) is 33.8 Å². The lowest BCUT2D eigenvalue weighted by Gasteiger charge is -2.15. The smallest absolute Gasteiger partial charge is 0.321 e. The molecular weight excluding hydrogens is 366 g/mol. The molecule has 0 amide bonds. The van der Waals surface area contributed by atoms with E-state index in [0.29, 0.717) is 45.8 Å². The first-order valence-corrected chi connectivity index (χ1v) is 8.31. The van der Waals surface area contributed by atoms with E-state index in [1.54, 1.807) is 40.4 Å². The quantitative estimate of drug-likeness (QED) is 0.649. The fourth-order valence-electron chi connectivity index (χ4n) is 2.70. The number of rotatable bonds is 7. The Morgan fingerprint density at radius 3 is 2.04 bits per heavy atom. The standard InChI is InChI=1S/C18H21N5O5/c1-9-14(10(2)28-23-9)16-20-17(22-18(21-16)27-6)19-11-7-12(24-3)15(26-5)13(8-11)25-4/h7-8H,1-6H3,(H,19,20,21,22). The van der Waals surface area contributed by atoms with Crippen LogP contribution in [0.1, 0.15) is 11.5 Å². The second-order valence-corrected chi connectivity index (χ2v) is 5.71. The summed E-state index contributed by atoms with van der Waals surface area (Å²) in [6.07, 6.45) is 0. The lowest BCUT2D eigenvalue weighted by Crippen LogP contribution is -2.05. The van der Waals surface area contributed by atoms with E-state index >= 15 is 0 Å². The van der Waals surface area contributed by atoms with E-state index < -0.39 is 0 Å². The summed E-state index contributed by atoms with van der Waals surface area (Å²) in [4.78, 5) is 13.0. The van der Waals surface area contributed by atoms with Gasteiger partial charge in [0, 0.05) is 17.8 Å². The van der Waals surface area contributed by atoms with E-state index in [4.69, 9.17) is 23.5 Å². The first-order valence-electron chi connectivity index (χ1n) is 8.31. The molecule has 148 valence electrons. The molecular formula is C18H21N5O5. The lowest BCUT2D eigenvalue weighted by molar-refractivity contribution is 0.324. The second kappa shape index (κ2) is 7.99. The molecule has 10 nitrogen and oxygen atoms in total. The molecule has 0 aliphatic heterocycles. The van der Waals surface area contributed by atoms with E-state index in [1.807, 2.05) is 6.92 Å². The van der Waals surface area contributed by atoms with Gasteiger partial charge in [-0.3, -0.25) is 0 Å². The molecule has 0 aliphatic carbocycles. The van der Waals surface area contributed by atoms with Gasteiger partial charge in [-0.15, -0.1) is 0 Å². The first-order chi connectivity index (χ1) is 13.5. The minimum atomic E-state index is 0.153. The van der Waals surface area contributed by atoms with Gasteiger partial charge in [0.05, 0.1) is 39.7 Å². The summed E-state index contributed by atoms with van der Waals surface area (Å²) in [5.41, 5.74) is 1.99. The van der Waals surface area contributed by atoms with Crippen LogP contribution in [0, 0.1) is 13.8 Å². The van der Waals surface area contributed by atoms with E-state index in [1.165, 1.54) is 7.11 Å². The molecule has 0 saturated heterocycles. The molecule has 3 aromatic rings. The number of hydrogen-bond donors (Lipinski definition) is 1. The molecule has 0 fully saturated rings. The molecule has 0 aliphatic rings. The summed E-state index contributed by atoms with van der Waals surface area (Å²) in [5.74, 6) is 2.74. The van der Waals surface area contributed by atoms with Crippen LogP contribution in [0.2, 0.25) is 0 Å². The summed E-state index contributed by atoms with van der Waals surface area (Å²) in [5, 5.41) is 7.05. The van der Waals surface area contributed by atoms with E-state index in [0.717, 1.165) is 0 Å². The third-order valence-electron chi connectivity index (χ3n) is 3.98. The van der Waals surface area contributed by atoms with E-state index in [-0.39, 0.29) is 12.0 Å². The van der Waals surface area contributed by atoms with Crippen molar-refractivity contribution in [1.29, 1.82) is 0 Å². The van der Waals surface area contributed by atoms with Crippen molar-refractivity contribution in [3.8, 4) is 34.6 Å². The van der Waals surface area contributed by atoms with Crippen molar-refractivity contribution >= 4 is 11.6 Å². The average Bonchev–Trinajstić information content (AvgIpc) is 3.04. The third kappa shape index (κ3) is 3.61. The van der Waals surface area contributed by atoms with Gasteiger partial charge in [0.2, 0.25) is 11.7 Å². The predicted molar refractivity (Wildman–Crippen MR) is 101 cm³/mol. The highest BCUT2D eigenvalue weighted by molar-refractivity contribution is 5.67. The van der Waals surface area contributed by atoms with Crippen molar-refractivity contribution in [1.82, 2.24) is 20.1 Å². The number of benzene rings is 1. The zero-order valence-electron chi connectivity index (χ0n) is 16.5. The van der Waals surface area contributed by atoms with Crippen LogP contribution in [0.15, 0.2) is 16.7 Å². The average molecular weight is 387 g/mol. The van der Waals surface area contributed by atoms with Crippen molar-refractivity contribution in [3.63, 3.8) is 0 Å². The minimum Gasteiger partial charge on any atom is -0.493 e. The summed E-state index contributed by atoms with van der Waals surface area (Å²) in [7, 11) is 6.11. The van der Waals surface area contributed by atoms with E-state index in [9.17, 15) is 0 Å². The molecule has 1 N–H and O–H groups in total. The predicted octanol–water partition coefficient (Wildman–Crippen LogP) is 2.92. The Bertz CT molecular complexity index is 944. The Morgan fingerprint density at radius 1 is 0.857 bits per heavy atom. The third-order valence-corrected chi connectivity index (χ3v) is 3.98. The molecule has 0 unspecified atom stereocenters. The van der Waals surface area contributed by atoms with Crippen molar-refractivity contribution < 1.29 is 23.5 Å². The Morgan fingerprint density at radius 2 is 1.54 bits per heavy atom. The monoisotopic (exact) mass is 387 g/mol. The number of anilines is 2. The molecule has 0 bridgehead atoms. The molecule has 0 radical (unpaired) electrons. The number of ether oxygens (including phenoxy) is 4. The maximum absolute atomic E-state index is 5.37. The zero-order chi connectivity index (χ0) is 20.3. The van der Waals surface area contributed by atoms with Gasteiger partial charge in [-0.05, 0) is 13.8 Å². The first kappa shape index (κ1) is 19.2. The maximum Gasteiger partial charge on any atom is 0.321 e. The molecule has 28 heavy (non-hydrogen) atoms. The van der Waals surface area contributed by atoms with Gasteiger partial charge in [0.1, 0.15) is 5.76 Å². The van der Waals surface area contributed by atoms with Gasteiger partial charge in [-0.2, -0.15) is 15.0 Å². The number of aryl methyl sites for hydroxylation is 2. The van der Waals surface area contributed by atoms with Crippen molar-refractivity contribution in [3.05, 3.63) is 23.6 Å². The van der Waals surface area contributed by atoms with E-state index in [2.05, 4.69) is 25.4 Å². The van der Waals surface area contributed by atoms with Crippen LogP contribution < -0.4 is 24.3 Å². The summed E-state index contributed by atoms with van der Waals surface area (Å²) < 4.78 is 26.5. The SMILES string of the molecule is COc1nc(Nc2cc(OC)c(OC)c(OC)c2)nc(-c2c(C)noc2C)n1. The van der Waals surface area contributed by atoms with Crippen molar-refractivity contribution in [2.45, 2.75) is 13.8 Å². The van der Waals surface area contributed by atoms with Gasteiger partial charge in [0.25, 0.3) is 0 Å². The number of nitrogens with one attached hydrogen (secondary N) is 1. The summed E-state index contributed by atoms with van der Waals surface area (Å²) >= 11 is 0. The van der Waals surface area contributed by atoms with Crippen LogP contribution in [0.25, 0.3) is 11.4 Å². The zero-order valence-corrected chi connectivity index (χ0v) is 16.5. The Labute approximate surface area is 161 Å². The van der Waals surface area contributed by atoms with Crippen LogP contribution in [-0.4, -0.2) is 48.5 Å². The molecule has 10 heteroatoms. The van der Waals surface area contributed by atoms with Gasteiger partial charge < -0.3 is 28.8 Å². The molecule has 2 aromatic heterocycles. The Hall–Kier alpha value is -3.56. The van der Waals surface area contributed by atoms with Gasteiger partial charge >= 0.3 is 6.01 Å². The number of aromatic nitrogens is 4. The summed E-state index contributed by atoms with van der Waals surface area (Å²) in [6.45, 7) is 3.60. The molecule has 0 spiro atoms. The largest absolute Gasteiger partial charge is 0.493 e. The van der Waals surface area contributed by atoms with Crippen LogP contribution in [-0.2, 0) is 0 Å². The Balaban J connectivity index is 2.04. The normalized spacial score (nSPS) is 10.5.